The fourth-order valence-electron chi connectivity index (χ4n) is 3.19. The third kappa shape index (κ3) is 10.2. The summed E-state index contributed by atoms with van der Waals surface area (Å²) in [5.41, 5.74) is 4.28. The van der Waals surface area contributed by atoms with Crippen LogP contribution in [-0.2, 0) is 33.9 Å². The maximum atomic E-state index is 10.6. The molecule has 2 saturated carbocycles. The highest BCUT2D eigenvalue weighted by atomic mass is 19.4. The predicted molar refractivity (Wildman–Crippen MR) is 106 cm³/mol. The summed E-state index contributed by atoms with van der Waals surface area (Å²) in [7, 11) is 0. The summed E-state index contributed by atoms with van der Waals surface area (Å²) in [6.07, 6.45) is 0.698. The summed E-state index contributed by atoms with van der Waals surface area (Å²) < 4.78 is 69.3. The zero-order valence-electron chi connectivity index (χ0n) is 18.2. The molecule has 0 unspecified atom stereocenters. The molecule has 2 heterocycles. The van der Waals surface area contributed by atoms with E-state index >= 15 is 0 Å². The molecule has 1 aliphatic heterocycles. The second kappa shape index (κ2) is 11.8. The van der Waals surface area contributed by atoms with Gasteiger partial charge in [-0.1, -0.05) is 0 Å². The van der Waals surface area contributed by atoms with Gasteiger partial charge < -0.3 is 14.9 Å². The number of carboxylic acid groups (broad SMARTS) is 2. The topological polar surface area (TPSA) is 100.0 Å². The maximum absolute atomic E-state index is 10.6. The van der Waals surface area contributed by atoms with E-state index in [9.17, 15) is 26.3 Å². The molecule has 2 N–H and O–H groups in total. The molecule has 1 aromatic rings. The van der Waals surface area contributed by atoms with Gasteiger partial charge in [0.1, 0.15) is 0 Å². The van der Waals surface area contributed by atoms with Crippen molar-refractivity contribution in [2.24, 2.45) is 11.8 Å². The van der Waals surface area contributed by atoms with Crippen LogP contribution in [0.15, 0.2) is 12.4 Å². The molecule has 4 rings (SSSR count). The third-order valence-electron chi connectivity index (χ3n) is 5.31. The van der Waals surface area contributed by atoms with Crippen molar-refractivity contribution in [3.05, 3.63) is 29.1 Å². The standard InChI is InChI=1S/C17H24N2O.2C2HF3O2/c1-2-13(1)9-19-6-5-17-15(10-19)7-18-8-16(17)12-20-11-14-3-4-14;2*3-2(4,5)1(6)7/h7-8,13-14H,1-6,9-12H2;2*(H,6,7). The van der Waals surface area contributed by atoms with Crippen molar-refractivity contribution in [3.8, 4) is 0 Å². The largest absolute Gasteiger partial charge is 0.490 e. The number of aliphatic carboxylic acids is 2. The molecule has 0 saturated heterocycles. The number of nitrogens with zero attached hydrogens (tertiary/aromatic N) is 2. The van der Waals surface area contributed by atoms with Crippen LogP contribution in [-0.4, -0.2) is 64.1 Å². The molecule has 0 amide bonds. The lowest BCUT2D eigenvalue weighted by molar-refractivity contribution is -0.193. The first-order valence-corrected chi connectivity index (χ1v) is 10.6. The van der Waals surface area contributed by atoms with E-state index in [1.165, 1.54) is 61.9 Å². The Morgan fingerprint density at radius 1 is 0.971 bits per heavy atom. The number of fused-ring (bicyclic) bond motifs is 1. The van der Waals surface area contributed by atoms with Gasteiger partial charge in [-0.05, 0) is 60.6 Å². The van der Waals surface area contributed by atoms with E-state index in [1.54, 1.807) is 0 Å². The van der Waals surface area contributed by atoms with Crippen molar-refractivity contribution in [2.75, 3.05) is 19.7 Å². The number of carboxylic acids is 2. The Kier molecular flexibility index (Phi) is 9.68. The first kappa shape index (κ1) is 27.8. The highest BCUT2D eigenvalue weighted by Crippen LogP contribution is 2.32. The van der Waals surface area contributed by atoms with Gasteiger partial charge in [0.25, 0.3) is 0 Å². The Morgan fingerprint density at radius 3 is 1.97 bits per heavy atom. The molecule has 13 heteroatoms. The highest BCUT2D eigenvalue weighted by Gasteiger charge is 2.38. The number of halogens is 6. The second-order valence-electron chi connectivity index (χ2n) is 8.43. The van der Waals surface area contributed by atoms with E-state index < -0.39 is 24.3 Å². The van der Waals surface area contributed by atoms with Crippen LogP contribution in [0.1, 0.15) is 42.4 Å². The average Bonchev–Trinajstić information content (AvgIpc) is 3.64. The molecule has 0 radical (unpaired) electrons. The molecule has 0 aromatic carbocycles. The molecule has 34 heavy (non-hydrogen) atoms. The monoisotopic (exact) mass is 500 g/mol. The molecule has 192 valence electrons. The summed E-state index contributed by atoms with van der Waals surface area (Å²) in [4.78, 5) is 24.8. The first-order chi connectivity index (χ1) is 15.8. The lowest BCUT2D eigenvalue weighted by atomic mass is 9.97. The normalized spacial score (nSPS) is 18.1. The number of alkyl halides is 6. The lowest BCUT2D eigenvalue weighted by Crippen LogP contribution is -2.33. The van der Waals surface area contributed by atoms with Gasteiger partial charge in [0.15, 0.2) is 0 Å². The van der Waals surface area contributed by atoms with Gasteiger partial charge in [-0.2, -0.15) is 26.3 Å². The van der Waals surface area contributed by atoms with Crippen LogP contribution in [0.4, 0.5) is 26.3 Å². The van der Waals surface area contributed by atoms with Gasteiger partial charge in [-0.3, -0.25) is 9.88 Å². The van der Waals surface area contributed by atoms with Gasteiger partial charge in [0.05, 0.1) is 6.61 Å². The van der Waals surface area contributed by atoms with E-state index in [-0.39, 0.29) is 0 Å². The number of ether oxygens (including phenoxy) is 1. The Balaban J connectivity index is 0.000000244. The summed E-state index contributed by atoms with van der Waals surface area (Å²) in [5, 5.41) is 14.2. The zero-order chi connectivity index (χ0) is 25.5. The van der Waals surface area contributed by atoms with E-state index in [2.05, 4.69) is 16.1 Å². The first-order valence-electron chi connectivity index (χ1n) is 10.6. The molecule has 3 aliphatic rings. The van der Waals surface area contributed by atoms with E-state index in [0.717, 1.165) is 31.6 Å². The third-order valence-corrected chi connectivity index (χ3v) is 5.31. The van der Waals surface area contributed by atoms with Crippen LogP contribution in [0.5, 0.6) is 0 Å². The Bertz CT molecular complexity index is 800. The van der Waals surface area contributed by atoms with Crippen molar-refractivity contribution in [3.63, 3.8) is 0 Å². The van der Waals surface area contributed by atoms with Crippen LogP contribution >= 0.6 is 0 Å². The van der Waals surface area contributed by atoms with Gasteiger partial charge >= 0.3 is 24.3 Å². The number of hydrogen-bond donors (Lipinski definition) is 2. The Morgan fingerprint density at radius 2 is 1.50 bits per heavy atom. The fraction of sp³-hybridized carbons (Fsp3) is 0.667. The minimum Gasteiger partial charge on any atom is -0.475 e. The summed E-state index contributed by atoms with van der Waals surface area (Å²) in [6, 6.07) is 0. The van der Waals surface area contributed by atoms with Crippen LogP contribution in [0.25, 0.3) is 0 Å². The summed E-state index contributed by atoms with van der Waals surface area (Å²) >= 11 is 0. The minimum atomic E-state index is -5.08. The van der Waals surface area contributed by atoms with Crippen LogP contribution in [0.2, 0.25) is 0 Å². The van der Waals surface area contributed by atoms with Crippen LogP contribution < -0.4 is 0 Å². The minimum absolute atomic E-state index is 0.759. The van der Waals surface area contributed by atoms with E-state index in [0.29, 0.717) is 0 Å². The van der Waals surface area contributed by atoms with Crippen LogP contribution in [0.3, 0.4) is 0 Å². The van der Waals surface area contributed by atoms with Crippen LogP contribution in [0, 0.1) is 11.8 Å². The average molecular weight is 500 g/mol. The predicted octanol–water partition coefficient (Wildman–Crippen LogP) is 4.04. The molecular formula is C21H26F6N2O5. The van der Waals surface area contributed by atoms with Gasteiger partial charge in [0.2, 0.25) is 0 Å². The number of hydrogen-bond acceptors (Lipinski definition) is 5. The molecule has 0 spiro atoms. The number of aromatic nitrogens is 1. The quantitative estimate of drug-likeness (QED) is 0.569. The van der Waals surface area contributed by atoms with Crippen molar-refractivity contribution in [1.82, 2.24) is 9.88 Å². The van der Waals surface area contributed by atoms with E-state index in [1.807, 2.05) is 6.20 Å². The van der Waals surface area contributed by atoms with Crippen molar-refractivity contribution in [2.45, 2.75) is 57.6 Å². The lowest BCUT2D eigenvalue weighted by Gasteiger charge is -2.29. The summed E-state index contributed by atoms with van der Waals surface area (Å²) in [6.45, 7) is 5.30. The van der Waals surface area contributed by atoms with Crippen molar-refractivity contribution < 1.29 is 50.9 Å². The Hall–Kier alpha value is -2.41. The molecule has 2 fully saturated rings. The highest BCUT2D eigenvalue weighted by molar-refractivity contribution is 5.73. The molecule has 0 bridgehead atoms. The molecule has 2 aliphatic carbocycles. The number of carbonyl (C=O) groups is 2. The van der Waals surface area contributed by atoms with Gasteiger partial charge in [-0.25, -0.2) is 9.59 Å². The van der Waals surface area contributed by atoms with Gasteiger partial charge in [-0.15, -0.1) is 0 Å². The molecule has 1 aromatic heterocycles. The molecule has 7 nitrogen and oxygen atoms in total. The van der Waals surface area contributed by atoms with Gasteiger partial charge in [0, 0.05) is 38.6 Å². The number of rotatable bonds is 6. The number of pyridine rings is 1. The van der Waals surface area contributed by atoms with Crippen molar-refractivity contribution in [1.29, 1.82) is 0 Å². The summed E-state index contributed by atoms with van der Waals surface area (Å²) in [5.74, 6) is -3.69. The smallest absolute Gasteiger partial charge is 0.475 e. The van der Waals surface area contributed by atoms with Crippen molar-refractivity contribution >= 4 is 11.9 Å². The van der Waals surface area contributed by atoms with E-state index in [4.69, 9.17) is 24.5 Å². The molecule has 0 atom stereocenters. The Labute approximate surface area is 191 Å². The SMILES string of the molecule is O=C(O)C(F)(F)F.O=C(O)C(F)(F)F.c1ncc2c(c1COCC1CC1)CCN(CC1CC1)C2. The fourth-order valence-corrected chi connectivity index (χ4v) is 3.19. The maximum Gasteiger partial charge on any atom is 0.490 e. The zero-order valence-corrected chi connectivity index (χ0v) is 18.2. The second-order valence-corrected chi connectivity index (χ2v) is 8.43. The molecular weight excluding hydrogens is 474 g/mol.